The lowest BCUT2D eigenvalue weighted by atomic mass is 9.68. The Morgan fingerprint density at radius 3 is 2.79 bits per heavy atom. The minimum atomic E-state index is -3.43. The fraction of sp³-hybridized carbons (Fsp3) is 0.610. The summed E-state index contributed by atoms with van der Waals surface area (Å²) in [7, 11) is -1.68. The maximum absolute atomic E-state index is 14.9. The van der Waals surface area contributed by atoms with Gasteiger partial charge in [-0.05, 0) is 111 Å². The molecular formula is C41H52ClFN2O7S. The van der Waals surface area contributed by atoms with Crippen LogP contribution in [0.3, 0.4) is 0 Å². The van der Waals surface area contributed by atoms with Crippen molar-refractivity contribution < 1.29 is 37.1 Å². The number of carbonyl (C=O) groups is 2. The SMILES string of the molecule is CO[C@H]1/C=C/C[C@H](C)[C@@H](C)[S@@](=O)(CC(=O)CO[C@H]2CCOC[C@H]2F)=NC(=O)c2ccc3c(c2)N(C[C@@H]2CC[C@H]21)C[C@@]1(CCCc2cc(Cl)ccc21)CO3. The number of halogens is 2. The number of ketones is 1. The van der Waals surface area contributed by atoms with Crippen LogP contribution >= 0.6 is 11.6 Å². The number of alkyl halides is 1. The summed E-state index contributed by atoms with van der Waals surface area (Å²) in [5.74, 6) is -0.379. The van der Waals surface area contributed by atoms with Crippen molar-refractivity contribution in [2.24, 2.45) is 22.1 Å². The fourth-order valence-corrected chi connectivity index (χ4v) is 11.4. The Balaban J connectivity index is 1.26. The molecule has 53 heavy (non-hydrogen) atoms. The van der Waals surface area contributed by atoms with Crippen LogP contribution in [0, 0.1) is 17.8 Å². The Bertz CT molecular complexity index is 1850. The van der Waals surface area contributed by atoms with Gasteiger partial charge in [-0.15, -0.1) is 0 Å². The van der Waals surface area contributed by atoms with E-state index in [1.807, 2.05) is 25.1 Å². The zero-order valence-corrected chi connectivity index (χ0v) is 32.5. The van der Waals surface area contributed by atoms with Crippen LogP contribution in [0.15, 0.2) is 52.9 Å². The van der Waals surface area contributed by atoms with Gasteiger partial charge >= 0.3 is 0 Å². The molecule has 1 spiro atoms. The van der Waals surface area contributed by atoms with E-state index in [0.717, 1.165) is 49.4 Å². The smallest absolute Gasteiger partial charge is 0.285 e. The van der Waals surface area contributed by atoms with Gasteiger partial charge in [-0.2, -0.15) is 4.36 Å². The molecule has 2 aliphatic carbocycles. The second kappa shape index (κ2) is 16.1. The van der Waals surface area contributed by atoms with Crippen molar-refractivity contribution in [3.05, 3.63) is 70.3 Å². The molecule has 1 saturated heterocycles. The molecule has 3 heterocycles. The number of allylic oxidation sites excluding steroid dienone is 1. The average Bonchev–Trinajstić information content (AvgIpc) is 3.28. The third kappa shape index (κ3) is 8.11. The van der Waals surface area contributed by atoms with Gasteiger partial charge in [0.2, 0.25) is 0 Å². The average molecular weight is 771 g/mol. The Morgan fingerprint density at radius 2 is 2.02 bits per heavy atom. The Kier molecular flexibility index (Phi) is 11.7. The van der Waals surface area contributed by atoms with Crippen molar-refractivity contribution in [2.45, 2.75) is 87.8 Å². The van der Waals surface area contributed by atoms with Gasteiger partial charge in [0.25, 0.3) is 5.91 Å². The molecule has 2 aromatic rings. The second-order valence-corrected chi connectivity index (χ2v) is 18.9. The van der Waals surface area contributed by atoms with Crippen LogP contribution in [0.25, 0.3) is 0 Å². The van der Waals surface area contributed by atoms with E-state index in [-0.39, 0.29) is 29.6 Å². The number of benzene rings is 2. The monoisotopic (exact) mass is 770 g/mol. The van der Waals surface area contributed by atoms with Crippen molar-refractivity contribution >= 4 is 38.7 Å². The number of carbonyl (C=O) groups excluding carboxylic acids is 2. The van der Waals surface area contributed by atoms with Crippen molar-refractivity contribution in [2.75, 3.05) is 57.3 Å². The molecular weight excluding hydrogens is 719 g/mol. The van der Waals surface area contributed by atoms with E-state index in [1.54, 1.807) is 20.1 Å². The van der Waals surface area contributed by atoms with Crippen molar-refractivity contribution in [3.63, 3.8) is 0 Å². The summed E-state index contributed by atoms with van der Waals surface area (Å²) in [6, 6.07) is 11.5. The lowest BCUT2D eigenvalue weighted by molar-refractivity contribution is -0.130. The third-order valence-electron chi connectivity index (χ3n) is 12.4. The number of Topliss-reactive ketones (excluding diaryl/α,β-unsaturated/α-hetero) is 1. The molecule has 0 radical (unpaired) electrons. The number of aryl methyl sites for hydroxylation is 1. The number of rotatable bonds is 6. The Hall–Kier alpha value is -2.83. The molecule has 7 rings (SSSR count). The highest BCUT2D eigenvalue weighted by atomic mass is 35.5. The Morgan fingerprint density at radius 1 is 1.17 bits per heavy atom. The Labute approximate surface area is 318 Å². The van der Waals surface area contributed by atoms with Crippen LogP contribution in [0.2, 0.25) is 5.02 Å². The van der Waals surface area contributed by atoms with E-state index in [1.165, 1.54) is 11.1 Å². The second-order valence-electron chi connectivity index (χ2n) is 15.8. The number of anilines is 1. The molecule has 5 aliphatic rings. The molecule has 9 nitrogen and oxygen atoms in total. The summed E-state index contributed by atoms with van der Waals surface area (Å²) in [5, 5.41) is 0.122. The largest absolute Gasteiger partial charge is 0.490 e. The fourth-order valence-electron chi connectivity index (χ4n) is 8.95. The molecule has 12 heteroatoms. The first-order chi connectivity index (χ1) is 25.5. The summed E-state index contributed by atoms with van der Waals surface area (Å²) in [6.45, 7) is 5.57. The molecule has 2 aromatic carbocycles. The standard InChI is InChI=1S/C41H52ClFN2O7S/c1-26-6-4-8-37(49-3)33-12-9-30(33)20-45-24-41(16-5-7-28-18-31(42)11-13-34(28)41)25-52-39-14-10-29(19-36(39)45)40(47)44-53(48,27(26)2)23-32(46)21-51-38-15-17-50-22-35(38)43/h4,8,10-11,13-14,18-19,26-27,30,33,35,37-38H,5-7,9,12,15-17,20-25H2,1-3H3/b8-4+/t26-,27+,30-,33+,35+,37-,38-,41-,53-/m0/s1. The van der Waals surface area contributed by atoms with Gasteiger partial charge in [0.05, 0.1) is 46.6 Å². The van der Waals surface area contributed by atoms with Crippen LogP contribution in [-0.4, -0.2) is 91.9 Å². The highest BCUT2D eigenvalue weighted by Gasteiger charge is 2.44. The number of amides is 1. The molecule has 2 bridgehead atoms. The van der Waals surface area contributed by atoms with Gasteiger partial charge in [-0.1, -0.05) is 36.7 Å². The normalized spacial score (nSPS) is 35.2. The molecule has 0 N–H and O–H groups in total. The summed E-state index contributed by atoms with van der Waals surface area (Å²) in [6.07, 6.45) is 7.99. The molecule has 3 aliphatic heterocycles. The lowest BCUT2D eigenvalue weighted by Gasteiger charge is -2.46. The van der Waals surface area contributed by atoms with E-state index in [4.69, 9.17) is 30.5 Å². The molecule has 2 fully saturated rings. The van der Waals surface area contributed by atoms with E-state index < -0.39 is 51.3 Å². The summed E-state index contributed by atoms with van der Waals surface area (Å²) in [4.78, 5) is 29.9. The van der Waals surface area contributed by atoms with Crippen LogP contribution < -0.4 is 9.64 Å². The zero-order valence-electron chi connectivity index (χ0n) is 31.0. The number of fused-ring (bicyclic) bond motifs is 4. The van der Waals surface area contributed by atoms with Crippen LogP contribution in [0.4, 0.5) is 10.1 Å². The quantitative estimate of drug-likeness (QED) is 0.285. The van der Waals surface area contributed by atoms with Crippen molar-refractivity contribution in [3.8, 4) is 5.75 Å². The minimum Gasteiger partial charge on any atom is -0.490 e. The summed E-state index contributed by atoms with van der Waals surface area (Å²) in [5.41, 5.74) is 3.33. The number of hydrogen-bond acceptors (Lipinski definition) is 8. The zero-order chi connectivity index (χ0) is 37.3. The maximum Gasteiger partial charge on any atom is 0.285 e. The topological polar surface area (TPSA) is 104 Å². The molecule has 1 amide bonds. The number of ether oxygens (including phenoxy) is 4. The highest BCUT2D eigenvalue weighted by molar-refractivity contribution is 7.95. The first-order valence-electron chi connectivity index (χ1n) is 19.1. The predicted molar refractivity (Wildman–Crippen MR) is 204 cm³/mol. The third-order valence-corrected chi connectivity index (χ3v) is 15.5. The van der Waals surface area contributed by atoms with Crippen LogP contribution in [0.5, 0.6) is 5.75 Å². The van der Waals surface area contributed by atoms with E-state index in [2.05, 4.69) is 33.5 Å². The molecule has 0 unspecified atom stereocenters. The lowest BCUT2D eigenvalue weighted by Crippen LogP contribution is -2.49. The van der Waals surface area contributed by atoms with Gasteiger partial charge < -0.3 is 23.8 Å². The molecule has 1 saturated carbocycles. The van der Waals surface area contributed by atoms with Gasteiger partial charge in [0.1, 0.15) is 18.5 Å². The first kappa shape index (κ1) is 38.4. The van der Waals surface area contributed by atoms with Gasteiger partial charge in [-0.3, -0.25) is 9.59 Å². The van der Waals surface area contributed by atoms with Crippen LogP contribution in [0.1, 0.15) is 73.9 Å². The van der Waals surface area contributed by atoms with E-state index in [0.29, 0.717) is 50.2 Å². The number of nitrogens with zero attached hydrogens (tertiary/aromatic N) is 2. The summed E-state index contributed by atoms with van der Waals surface area (Å²) >= 11 is 6.46. The number of hydrogen-bond donors (Lipinski definition) is 0. The highest BCUT2D eigenvalue weighted by Crippen LogP contribution is 2.47. The summed E-state index contributed by atoms with van der Waals surface area (Å²) < 4.78 is 57.1. The maximum atomic E-state index is 14.9. The first-order valence-corrected chi connectivity index (χ1v) is 21.2. The van der Waals surface area contributed by atoms with Crippen LogP contribution in [-0.2, 0) is 40.6 Å². The number of methoxy groups -OCH3 is 1. The predicted octanol–water partition coefficient (Wildman–Crippen LogP) is 7.16. The van der Waals surface area contributed by atoms with E-state index >= 15 is 0 Å². The molecule has 9 atom stereocenters. The van der Waals surface area contributed by atoms with E-state index in [9.17, 15) is 18.2 Å². The minimum absolute atomic E-state index is 0.0800. The van der Waals surface area contributed by atoms with Gasteiger partial charge in [-0.25, -0.2) is 8.60 Å². The van der Waals surface area contributed by atoms with Gasteiger partial charge in [0, 0.05) is 48.1 Å². The van der Waals surface area contributed by atoms with Crippen molar-refractivity contribution in [1.82, 2.24) is 0 Å². The van der Waals surface area contributed by atoms with Crippen molar-refractivity contribution in [1.29, 1.82) is 0 Å². The van der Waals surface area contributed by atoms with Gasteiger partial charge in [0.15, 0.2) is 5.78 Å². The molecule has 288 valence electrons. The molecule has 0 aromatic heterocycles.